The Balaban J connectivity index is 1.25. The largest absolute Gasteiger partial charge is 0.456 e. The van der Waals surface area contributed by atoms with E-state index in [0.29, 0.717) is 0 Å². The Morgan fingerprint density at radius 1 is 0.375 bits per heavy atom. The average Bonchev–Trinajstić information content (AvgIpc) is 3.39. The molecule has 0 saturated carbocycles. The maximum Gasteiger partial charge on any atom is 0.136 e. The standard InChI is InChI=1S/C38H22O2/c1-2-7-23(8-3-1)27-15-17-29-32-22-36-37(31-11-6-12-33(38(31)32)39-34(29)20-27)30-18-16-28(21-35(30)40-36)26-14-13-24-9-4-5-10-25(24)19-26/h1-22H. The molecular weight excluding hydrogens is 488 g/mol. The van der Waals surface area contributed by atoms with Gasteiger partial charge < -0.3 is 9.15 Å². The highest BCUT2D eigenvalue weighted by molar-refractivity contribution is 6.24. The summed E-state index contributed by atoms with van der Waals surface area (Å²) < 4.78 is 13.1. The summed E-state index contributed by atoms with van der Waals surface area (Å²) in [5, 5.41) is 7.02. The van der Waals surface area contributed by atoms with E-state index in [9.17, 15) is 0 Å². The molecule has 9 rings (SSSR count). The fourth-order valence-corrected chi connectivity index (χ4v) is 6.32. The molecule has 1 aromatic heterocycles. The maximum absolute atomic E-state index is 6.58. The van der Waals surface area contributed by atoms with Crippen LogP contribution in [0.15, 0.2) is 138 Å². The van der Waals surface area contributed by atoms with Gasteiger partial charge in [0.25, 0.3) is 0 Å². The second-order valence-corrected chi connectivity index (χ2v) is 10.5. The molecule has 1 aliphatic rings. The zero-order valence-corrected chi connectivity index (χ0v) is 21.5. The lowest BCUT2D eigenvalue weighted by Gasteiger charge is -2.22. The Kier molecular flexibility index (Phi) is 4.36. The maximum atomic E-state index is 6.58. The first-order chi connectivity index (χ1) is 19.8. The summed E-state index contributed by atoms with van der Waals surface area (Å²) in [5.41, 5.74) is 8.66. The molecule has 0 N–H and O–H groups in total. The van der Waals surface area contributed by atoms with Crippen LogP contribution >= 0.6 is 0 Å². The van der Waals surface area contributed by atoms with Crippen molar-refractivity contribution < 1.29 is 9.15 Å². The molecule has 0 amide bonds. The van der Waals surface area contributed by atoms with Crippen LogP contribution in [0.2, 0.25) is 0 Å². The lowest BCUT2D eigenvalue weighted by Crippen LogP contribution is -1.97. The Bertz CT molecular complexity index is 2290. The van der Waals surface area contributed by atoms with E-state index in [-0.39, 0.29) is 0 Å². The lowest BCUT2D eigenvalue weighted by atomic mass is 9.91. The second-order valence-electron chi connectivity index (χ2n) is 10.5. The minimum absolute atomic E-state index is 0.871. The van der Waals surface area contributed by atoms with Gasteiger partial charge in [-0.1, -0.05) is 91.0 Å². The molecule has 8 aromatic rings. The predicted octanol–water partition coefficient (Wildman–Crippen LogP) is 11.0. The highest BCUT2D eigenvalue weighted by Gasteiger charge is 2.24. The number of ether oxygens (including phenoxy) is 1. The molecule has 0 bridgehead atoms. The summed E-state index contributed by atoms with van der Waals surface area (Å²) in [7, 11) is 0. The van der Waals surface area contributed by atoms with Crippen LogP contribution in [0.4, 0.5) is 0 Å². The molecule has 0 saturated heterocycles. The number of benzene rings is 7. The zero-order valence-electron chi connectivity index (χ0n) is 21.5. The highest BCUT2D eigenvalue weighted by Crippen LogP contribution is 2.51. The molecule has 2 heterocycles. The van der Waals surface area contributed by atoms with E-state index in [1.165, 1.54) is 21.9 Å². The lowest BCUT2D eigenvalue weighted by molar-refractivity contribution is 0.487. The Morgan fingerprint density at radius 2 is 1.15 bits per heavy atom. The first kappa shape index (κ1) is 21.6. The first-order valence-corrected chi connectivity index (χ1v) is 13.6. The molecule has 0 fully saturated rings. The second kappa shape index (κ2) is 8.08. The van der Waals surface area contributed by atoms with Gasteiger partial charge in [0.15, 0.2) is 0 Å². The van der Waals surface area contributed by atoms with Crippen molar-refractivity contribution in [2.75, 3.05) is 0 Å². The number of hydrogen-bond donors (Lipinski definition) is 0. The van der Waals surface area contributed by atoms with Crippen LogP contribution in [-0.4, -0.2) is 0 Å². The highest BCUT2D eigenvalue weighted by atomic mass is 16.5. The van der Waals surface area contributed by atoms with Crippen molar-refractivity contribution in [3.8, 4) is 44.9 Å². The van der Waals surface area contributed by atoms with Gasteiger partial charge in [-0.2, -0.15) is 0 Å². The van der Waals surface area contributed by atoms with E-state index in [1.807, 2.05) is 6.07 Å². The van der Waals surface area contributed by atoms with E-state index in [1.54, 1.807) is 0 Å². The normalized spacial score (nSPS) is 12.2. The quantitative estimate of drug-likeness (QED) is 0.231. The van der Waals surface area contributed by atoms with E-state index in [4.69, 9.17) is 9.15 Å². The van der Waals surface area contributed by atoms with Gasteiger partial charge >= 0.3 is 0 Å². The van der Waals surface area contributed by atoms with Crippen molar-refractivity contribution in [3.63, 3.8) is 0 Å². The first-order valence-electron chi connectivity index (χ1n) is 13.6. The van der Waals surface area contributed by atoms with Crippen LogP contribution < -0.4 is 4.74 Å². The van der Waals surface area contributed by atoms with Crippen molar-refractivity contribution in [3.05, 3.63) is 133 Å². The Hall–Kier alpha value is -5.34. The summed E-state index contributed by atoms with van der Waals surface area (Å²) in [6.07, 6.45) is 0. The van der Waals surface area contributed by atoms with Crippen LogP contribution in [0.3, 0.4) is 0 Å². The minimum atomic E-state index is 0.871. The monoisotopic (exact) mass is 510 g/mol. The van der Waals surface area contributed by atoms with Gasteiger partial charge in [-0.15, -0.1) is 0 Å². The molecule has 186 valence electrons. The molecular formula is C38H22O2. The summed E-state index contributed by atoms with van der Waals surface area (Å²) >= 11 is 0. The van der Waals surface area contributed by atoms with E-state index < -0.39 is 0 Å². The molecule has 40 heavy (non-hydrogen) atoms. The molecule has 7 aromatic carbocycles. The van der Waals surface area contributed by atoms with Crippen molar-refractivity contribution >= 4 is 43.5 Å². The average molecular weight is 511 g/mol. The molecule has 1 aliphatic heterocycles. The third kappa shape index (κ3) is 3.11. The third-order valence-electron chi connectivity index (χ3n) is 8.24. The van der Waals surface area contributed by atoms with Crippen LogP contribution in [0.1, 0.15) is 0 Å². The SMILES string of the molecule is c1ccc(-c2ccc3c(c2)Oc2cccc4c2c-3cc2oc3cc(-c5ccc6ccccc6c5)ccc3c24)cc1. The topological polar surface area (TPSA) is 22.4 Å². The van der Waals surface area contributed by atoms with Gasteiger partial charge in [-0.25, -0.2) is 0 Å². The fraction of sp³-hybridized carbons (Fsp3) is 0. The van der Waals surface area contributed by atoms with Gasteiger partial charge in [-0.05, 0) is 80.9 Å². The Labute approximate surface area is 230 Å². The molecule has 0 atom stereocenters. The zero-order chi connectivity index (χ0) is 26.2. The van der Waals surface area contributed by atoms with Gasteiger partial charge in [0, 0.05) is 27.3 Å². The smallest absolute Gasteiger partial charge is 0.136 e. The van der Waals surface area contributed by atoms with Crippen molar-refractivity contribution in [2.24, 2.45) is 0 Å². The summed E-state index contributed by atoms with van der Waals surface area (Å²) in [4.78, 5) is 0. The van der Waals surface area contributed by atoms with Crippen LogP contribution in [0.25, 0.3) is 76.9 Å². The van der Waals surface area contributed by atoms with Crippen molar-refractivity contribution in [1.29, 1.82) is 0 Å². The van der Waals surface area contributed by atoms with Crippen LogP contribution in [0, 0.1) is 0 Å². The van der Waals surface area contributed by atoms with Crippen LogP contribution in [0.5, 0.6) is 11.5 Å². The van der Waals surface area contributed by atoms with Gasteiger partial charge in [0.05, 0.1) is 0 Å². The third-order valence-corrected chi connectivity index (χ3v) is 8.24. The molecule has 2 heteroatoms. The fourth-order valence-electron chi connectivity index (χ4n) is 6.32. The van der Waals surface area contributed by atoms with Crippen LogP contribution in [-0.2, 0) is 0 Å². The molecule has 0 unspecified atom stereocenters. The summed E-state index contributed by atoms with van der Waals surface area (Å²) in [6.45, 7) is 0. The molecule has 0 radical (unpaired) electrons. The summed E-state index contributed by atoms with van der Waals surface area (Å²) in [6, 6.07) is 47.1. The van der Waals surface area contributed by atoms with E-state index in [0.717, 1.165) is 66.5 Å². The van der Waals surface area contributed by atoms with Crippen molar-refractivity contribution in [1.82, 2.24) is 0 Å². The van der Waals surface area contributed by atoms with Gasteiger partial charge in [0.2, 0.25) is 0 Å². The van der Waals surface area contributed by atoms with Gasteiger partial charge in [0.1, 0.15) is 22.7 Å². The molecule has 0 aliphatic carbocycles. The van der Waals surface area contributed by atoms with Crippen molar-refractivity contribution in [2.45, 2.75) is 0 Å². The minimum Gasteiger partial charge on any atom is -0.456 e. The van der Waals surface area contributed by atoms with E-state index >= 15 is 0 Å². The predicted molar refractivity (Wildman–Crippen MR) is 165 cm³/mol. The van der Waals surface area contributed by atoms with Gasteiger partial charge in [-0.3, -0.25) is 0 Å². The number of furan rings is 1. The molecule has 0 spiro atoms. The number of rotatable bonds is 2. The summed E-state index contributed by atoms with van der Waals surface area (Å²) in [5.74, 6) is 1.75. The Morgan fingerprint density at radius 3 is 2.08 bits per heavy atom. The van der Waals surface area contributed by atoms with E-state index in [2.05, 4.69) is 127 Å². The number of hydrogen-bond acceptors (Lipinski definition) is 2. The number of fused-ring (bicyclic) bond motifs is 7. The molecule has 2 nitrogen and oxygen atoms in total.